The maximum absolute atomic E-state index is 10.2. The summed E-state index contributed by atoms with van der Waals surface area (Å²) >= 11 is 0. The van der Waals surface area contributed by atoms with Crippen LogP contribution in [0.3, 0.4) is 0 Å². The maximum atomic E-state index is 10.2. The van der Waals surface area contributed by atoms with Crippen LogP contribution < -0.4 is 0 Å². The third kappa shape index (κ3) is 4.64. The van der Waals surface area contributed by atoms with E-state index in [2.05, 4.69) is 4.18 Å². The number of aliphatic hydroxyl groups excluding tert-OH is 1. The number of benzene rings is 1. The van der Waals surface area contributed by atoms with E-state index in [0.717, 1.165) is 0 Å². The summed E-state index contributed by atoms with van der Waals surface area (Å²) < 4.78 is 32.5. The smallest absolute Gasteiger partial charge is 0.363 e. The zero-order chi connectivity index (χ0) is 9.90. The van der Waals surface area contributed by atoms with Gasteiger partial charge in [-0.1, -0.05) is 30.3 Å². The molecule has 80 valence electrons. The molecule has 5 nitrogen and oxygen atoms in total. The fourth-order valence-corrected chi connectivity index (χ4v) is 1.13. The lowest BCUT2D eigenvalue weighted by molar-refractivity contribution is -0.0218. The highest BCUT2D eigenvalue weighted by atomic mass is 32.3. The van der Waals surface area contributed by atoms with E-state index in [1.54, 1.807) is 18.2 Å². The van der Waals surface area contributed by atoms with E-state index in [1.807, 2.05) is 0 Å². The summed E-state index contributed by atoms with van der Waals surface area (Å²) in [6, 6.07) is 7.84. The van der Waals surface area contributed by atoms with Crippen molar-refractivity contribution in [1.82, 2.24) is 0 Å². The van der Waals surface area contributed by atoms with Crippen LogP contribution >= 0.6 is 9.90 Å². The Hall–Kier alpha value is -0.520. The van der Waals surface area contributed by atoms with Crippen LogP contribution in [-0.2, 0) is 14.6 Å². The molecule has 0 saturated carbocycles. The molecule has 0 aliphatic carbocycles. The highest BCUT2D eigenvalue weighted by molar-refractivity contribution is 7.80. The molecule has 1 rings (SSSR count). The van der Waals surface area contributed by atoms with Crippen LogP contribution in [0.4, 0.5) is 0 Å². The Bertz CT molecular complexity index is 363. The molecule has 0 heterocycles. The second-order valence-electron chi connectivity index (χ2n) is 2.29. The Labute approximate surface area is 85.3 Å². The van der Waals surface area contributed by atoms with Crippen molar-refractivity contribution in [3.05, 3.63) is 35.9 Å². The normalized spacial score (nSPS) is 13.0. The molecule has 0 fully saturated rings. The van der Waals surface area contributed by atoms with Gasteiger partial charge >= 0.3 is 10.4 Å². The molecule has 7 heteroatoms. The van der Waals surface area contributed by atoms with Crippen molar-refractivity contribution in [2.75, 3.05) is 0 Å². The van der Waals surface area contributed by atoms with E-state index in [-0.39, 0.29) is 15.5 Å². The number of hydrogen-bond donors (Lipinski definition) is 2. The summed E-state index contributed by atoms with van der Waals surface area (Å²) in [6.45, 7) is 0. The first-order valence-electron chi connectivity index (χ1n) is 3.38. The first kappa shape index (κ1) is 13.5. The van der Waals surface area contributed by atoms with E-state index in [1.165, 1.54) is 12.1 Å². The lowest BCUT2D eigenvalue weighted by atomic mass is 10.2. The van der Waals surface area contributed by atoms with Gasteiger partial charge in [-0.2, -0.15) is 18.3 Å². The van der Waals surface area contributed by atoms with Crippen molar-refractivity contribution in [3.8, 4) is 0 Å². The predicted molar refractivity (Wildman–Crippen MR) is 55.1 cm³/mol. The topological polar surface area (TPSA) is 83.8 Å². The Kier molecular flexibility index (Phi) is 5.18. The summed E-state index contributed by atoms with van der Waals surface area (Å²) in [6.07, 6.45) is -1.67. The van der Waals surface area contributed by atoms with Gasteiger partial charge in [0.25, 0.3) is 0 Å². The van der Waals surface area contributed by atoms with Crippen molar-refractivity contribution >= 4 is 20.3 Å². The predicted octanol–water partition coefficient (Wildman–Crippen LogP) is 0.555. The molecule has 0 amide bonds. The van der Waals surface area contributed by atoms with E-state index in [4.69, 9.17) is 9.66 Å². The summed E-state index contributed by atoms with van der Waals surface area (Å²) in [5, 5.41) is 9.09. The molecule has 2 unspecified atom stereocenters. The Morgan fingerprint density at radius 1 is 1.21 bits per heavy atom. The molecule has 1 aromatic rings. The van der Waals surface area contributed by atoms with Crippen LogP contribution in [-0.4, -0.2) is 18.1 Å². The average molecular weight is 238 g/mol. The van der Waals surface area contributed by atoms with E-state index >= 15 is 0 Å². The van der Waals surface area contributed by atoms with Crippen LogP contribution in [0.25, 0.3) is 0 Å². The van der Waals surface area contributed by atoms with Gasteiger partial charge < -0.3 is 5.11 Å². The molecule has 1 aromatic carbocycles. The highest BCUT2D eigenvalue weighted by Gasteiger charge is 2.15. The molecule has 14 heavy (non-hydrogen) atoms. The van der Waals surface area contributed by atoms with Crippen molar-refractivity contribution < 1.29 is 22.3 Å². The number of hydrogen-bond acceptors (Lipinski definition) is 4. The van der Waals surface area contributed by atoms with Gasteiger partial charge in [-0.25, -0.2) is 4.18 Å². The van der Waals surface area contributed by atoms with Crippen LogP contribution in [0.2, 0.25) is 0 Å². The van der Waals surface area contributed by atoms with E-state index < -0.39 is 16.7 Å². The molecular formula is C7H11O5PS. The standard InChI is InChI=1S/C7H8O5S.H3P/c8-7(12-13(9,10)11)6-4-2-1-3-5-6;/h1-5,7-8H,(H,9,10,11);1H3. The van der Waals surface area contributed by atoms with Crippen LogP contribution in [0.1, 0.15) is 11.9 Å². The number of rotatable bonds is 3. The SMILES string of the molecule is O=S(=O)(O)OC(O)c1ccccc1.P. The van der Waals surface area contributed by atoms with Gasteiger partial charge in [-0.15, -0.1) is 0 Å². The van der Waals surface area contributed by atoms with Gasteiger partial charge in [0.2, 0.25) is 6.29 Å². The fourth-order valence-electron chi connectivity index (χ4n) is 0.788. The second-order valence-corrected chi connectivity index (χ2v) is 3.33. The fraction of sp³-hybridized carbons (Fsp3) is 0.143. The summed E-state index contributed by atoms with van der Waals surface area (Å²) in [5.41, 5.74) is 0.250. The quantitative estimate of drug-likeness (QED) is 0.456. The molecule has 0 aromatic heterocycles. The lowest BCUT2D eigenvalue weighted by Gasteiger charge is -2.07. The molecule has 0 spiro atoms. The minimum absolute atomic E-state index is 0. The molecule has 2 N–H and O–H groups in total. The minimum atomic E-state index is -4.62. The van der Waals surface area contributed by atoms with Gasteiger partial charge in [0.1, 0.15) is 0 Å². The summed E-state index contributed by atoms with van der Waals surface area (Å²) in [7, 11) is -4.62. The Morgan fingerprint density at radius 3 is 2.14 bits per heavy atom. The van der Waals surface area contributed by atoms with E-state index in [9.17, 15) is 8.42 Å². The Balaban J connectivity index is 0.00000169. The molecular weight excluding hydrogens is 227 g/mol. The zero-order valence-corrected chi connectivity index (χ0v) is 9.43. The van der Waals surface area contributed by atoms with Crippen LogP contribution in [0, 0.1) is 0 Å². The van der Waals surface area contributed by atoms with Gasteiger partial charge in [0, 0.05) is 5.56 Å². The minimum Gasteiger partial charge on any atom is -0.363 e. The van der Waals surface area contributed by atoms with Crippen molar-refractivity contribution in [3.63, 3.8) is 0 Å². The first-order valence-corrected chi connectivity index (χ1v) is 4.74. The van der Waals surface area contributed by atoms with Gasteiger partial charge in [0.15, 0.2) is 0 Å². The summed E-state index contributed by atoms with van der Waals surface area (Å²) in [5.74, 6) is 0. The zero-order valence-electron chi connectivity index (χ0n) is 7.20. The largest absolute Gasteiger partial charge is 0.400 e. The van der Waals surface area contributed by atoms with Crippen molar-refractivity contribution in [2.24, 2.45) is 0 Å². The van der Waals surface area contributed by atoms with Crippen LogP contribution in [0.15, 0.2) is 30.3 Å². The van der Waals surface area contributed by atoms with Gasteiger partial charge in [0.05, 0.1) is 0 Å². The van der Waals surface area contributed by atoms with Crippen LogP contribution in [0.5, 0.6) is 0 Å². The highest BCUT2D eigenvalue weighted by Crippen LogP contribution is 2.14. The molecule has 0 saturated heterocycles. The van der Waals surface area contributed by atoms with Gasteiger partial charge in [-0.3, -0.25) is 4.55 Å². The van der Waals surface area contributed by atoms with Gasteiger partial charge in [-0.05, 0) is 0 Å². The molecule has 0 bridgehead atoms. The summed E-state index contributed by atoms with van der Waals surface area (Å²) in [4.78, 5) is 0. The molecule has 0 aliphatic heterocycles. The molecule has 0 aliphatic rings. The number of aliphatic hydroxyl groups is 1. The second kappa shape index (κ2) is 5.38. The Morgan fingerprint density at radius 2 is 1.71 bits per heavy atom. The lowest BCUT2D eigenvalue weighted by Crippen LogP contribution is -2.09. The van der Waals surface area contributed by atoms with E-state index in [0.29, 0.717) is 0 Å². The molecule has 2 atom stereocenters. The third-order valence-electron chi connectivity index (χ3n) is 1.30. The third-order valence-corrected chi connectivity index (χ3v) is 1.72. The average Bonchev–Trinajstić information content (AvgIpc) is 2.03. The van der Waals surface area contributed by atoms with Crippen molar-refractivity contribution in [1.29, 1.82) is 0 Å². The monoisotopic (exact) mass is 238 g/mol. The molecule has 0 radical (unpaired) electrons. The maximum Gasteiger partial charge on any atom is 0.400 e. The first-order chi connectivity index (χ1) is 5.99. The van der Waals surface area contributed by atoms with Crippen molar-refractivity contribution in [2.45, 2.75) is 6.29 Å².